The maximum absolute atomic E-state index is 13.1. The van der Waals surface area contributed by atoms with Gasteiger partial charge in [0.25, 0.3) is 0 Å². The van der Waals surface area contributed by atoms with Gasteiger partial charge in [0.15, 0.2) is 12.2 Å². The average Bonchev–Trinajstić information content (AvgIpc) is 1.07. The maximum Gasteiger partial charge on any atom is 0.472 e. The van der Waals surface area contributed by atoms with Gasteiger partial charge in [-0.05, 0) is 49.4 Å². The van der Waals surface area contributed by atoms with Crippen LogP contribution in [-0.2, 0) is 65.4 Å². The highest BCUT2D eigenvalue weighted by molar-refractivity contribution is 7.47. The van der Waals surface area contributed by atoms with Crippen molar-refractivity contribution in [3.05, 3.63) is 0 Å². The summed E-state index contributed by atoms with van der Waals surface area (Å²) in [5, 5.41) is 10.6. The fraction of sp³-hybridized carbons (Fsp3) is 0.949. The first kappa shape index (κ1) is 96.1. The van der Waals surface area contributed by atoms with Crippen LogP contribution in [0.4, 0.5) is 0 Å². The van der Waals surface area contributed by atoms with Gasteiger partial charge >= 0.3 is 39.5 Å². The molecule has 5 atom stereocenters. The lowest BCUT2D eigenvalue weighted by atomic mass is 10.0. The minimum atomic E-state index is -4.96. The first-order valence-electron chi connectivity index (χ1n) is 40.7. The number of carbonyl (C=O) groups is 4. The molecule has 0 aliphatic rings. The highest BCUT2D eigenvalue weighted by Gasteiger charge is 2.30. The Morgan fingerprint density at radius 1 is 0.255 bits per heavy atom. The second-order valence-electron chi connectivity index (χ2n) is 30.4. The molecule has 0 bridgehead atoms. The van der Waals surface area contributed by atoms with E-state index in [2.05, 4.69) is 55.4 Å². The summed E-state index contributed by atoms with van der Waals surface area (Å²) < 4.78 is 68.6. The van der Waals surface area contributed by atoms with Crippen molar-refractivity contribution < 1.29 is 80.2 Å². The van der Waals surface area contributed by atoms with Crippen LogP contribution in [0.25, 0.3) is 0 Å². The second-order valence-corrected chi connectivity index (χ2v) is 33.3. The molecule has 19 heteroatoms. The van der Waals surface area contributed by atoms with Crippen LogP contribution in [0.15, 0.2) is 0 Å². The van der Waals surface area contributed by atoms with Crippen LogP contribution in [0.3, 0.4) is 0 Å². The Hall–Kier alpha value is -1.94. The average molecular weight is 1440 g/mol. The van der Waals surface area contributed by atoms with E-state index < -0.39 is 97.5 Å². The van der Waals surface area contributed by atoms with E-state index in [9.17, 15) is 43.2 Å². The van der Waals surface area contributed by atoms with Crippen molar-refractivity contribution in [3.63, 3.8) is 0 Å². The third-order valence-electron chi connectivity index (χ3n) is 18.3. The van der Waals surface area contributed by atoms with Crippen LogP contribution in [0.2, 0.25) is 0 Å². The van der Waals surface area contributed by atoms with Crippen molar-refractivity contribution in [1.82, 2.24) is 0 Å². The fourth-order valence-corrected chi connectivity index (χ4v) is 13.7. The van der Waals surface area contributed by atoms with Gasteiger partial charge in [-0.3, -0.25) is 37.3 Å². The minimum Gasteiger partial charge on any atom is -0.462 e. The Morgan fingerprint density at radius 2 is 0.429 bits per heavy atom. The minimum absolute atomic E-state index is 0.105. The predicted molar refractivity (Wildman–Crippen MR) is 400 cm³/mol. The molecule has 0 amide bonds. The number of hydrogen-bond acceptors (Lipinski definition) is 15. The molecule has 0 aliphatic heterocycles. The number of esters is 4. The molecule has 0 aromatic heterocycles. The topological polar surface area (TPSA) is 237 Å². The highest BCUT2D eigenvalue weighted by atomic mass is 31.2. The molecule has 0 aliphatic carbocycles. The number of ether oxygens (including phenoxy) is 4. The van der Waals surface area contributed by atoms with E-state index in [-0.39, 0.29) is 25.7 Å². The normalized spacial score (nSPS) is 14.1. The summed E-state index contributed by atoms with van der Waals surface area (Å²) in [6.07, 6.45) is 54.4. The highest BCUT2D eigenvalue weighted by Crippen LogP contribution is 2.45. The largest absolute Gasteiger partial charge is 0.472 e. The molecular weight excluding hydrogens is 1280 g/mol. The molecule has 17 nitrogen and oxygen atoms in total. The van der Waals surface area contributed by atoms with E-state index in [4.69, 9.17) is 37.0 Å². The van der Waals surface area contributed by atoms with E-state index in [1.54, 1.807) is 0 Å². The SMILES string of the molecule is CC(C)CCCCCCCCCCCCCCCCCCC(=O)OC[C@H](COP(=O)(O)OCC(O)COP(=O)(O)OC[C@@H](COC(=O)CCCCCCCCC(C)C)OC(=O)CCCCCCCCCCCCCCCCCC(C)C)OC(=O)CCCCCCCCCCCC(C)C. The van der Waals surface area contributed by atoms with Crippen LogP contribution >= 0.6 is 15.6 Å². The Bertz CT molecular complexity index is 1920. The number of carbonyl (C=O) groups excluding carboxylic acids is 4. The molecule has 0 saturated heterocycles. The molecule has 0 spiro atoms. The summed E-state index contributed by atoms with van der Waals surface area (Å²) in [6, 6.07) is 0. The van der Waals surface area contributed by atoms with Gasteiger partial charge in [0.05, 0.1) is 26.4 Å². The van der Waals surface area contributed by atoms with Crippen LogP contribution in [0, 0.1) is 23.7 Å². The maximum atomic E-state index is 13.1. The molecule has 98 heavy (non-hydrogen) atoms. The van der Waals surface area contributed by atoms with E-state index in [0.29, 0.717) is 31.6 Å². The van der Waals surface area contributed by atoms with Crippen molar-refractivity contribution in [2.75, 3.05) is 39.6 Å². The van der Waals surface area contributed by atoms with Crippen LogP contribution in [-0.4, -0.2) is 96.7 Å². The smallest absolute Gasteiger partial charge is 0.462 e. The third-order valence-corrected chi connectivity index (χ3v) is 20.2. The first-order valence-corrected chi connectivity index (χ1v) is 43.7. The van der Waals surface area contributed by atoms with E-state index in [0.717, 1.165) is 114 Å². The molecule has 0 aromatic rings. The Kier molecular flexibility index (Phi) is 66.8. The van der Waals surface area contributed by atoms with E-state index in [1.165, 1.54) is 199 Å². The number of hydrogen-bond donors (Lipinski definition) is 3. The molecule has 0 rings (SSSR count). The number of unbranched alkanes of at least 4 members (excludes halogenated alkanes) is 42. The van der Waals surface area contributed by atoms with Gasteiger partial charge in [-0.25, -0.2) is 9.13 Å². The third kappa shape index (κ3) is 72.4. The van der Waals surface area contributed by atoms with E-state index >= 15 is 0 Å². The lowest BCUT2D eigenvalue weighted by Crippen LogP contribution is -2.30. The van der Waals surface area contributed by atoms with Gasteiger partial charge in [-0.2, -0.15) is 0 Å². The van der Waals surface area contributed by atoms with Crippen molar-refractivity contribution in [1.29, 1.82) is 0 Å². The van der Waals surface area contributed by atoms with Gasteiger partial charge in [0.2, 0.25) is 0 Å². The number of aliphatic hydroxyl groups excluding tert-OH is 1. The quantitative estimate of drug-likeness (QED) is 0.0222. The van der Waals surface area contributed by atoms with Gasteiger partial charge in [0.1, 0.15) is 19.3 Å². The molecule has 0 aromatic carbocycles. The molecular formula is C79H154O17P2. The Labute approximate surface area is 600 Å². The second kappa shape index (κ2) is 68.2. The zero-order valence-electron chi connectivity index (χ0n) is 64.4. The van der Waals surface area contributed by atoms with Gasteiger partial charge in [0, 0.05) is 25.7 Å². The van der Waals surface area contributed by atoms with Crippen molar-refractivity contribution in [3.8, 4) is 0 Å². The fourth-order valence-electron chi connectivity index (χ4n) is 12.1. The first-order chi connectivity index (χ1) is 47.1. The van der Waals surface area contributed by atoms with Crippen LogP contribution in [0.1, 0.15) is 402 Å². The molecule has 3 unspecified atom stereocenters. The molecule has 0 saturated carbocycles. The number of phosphoric ester groups is 2. The van der Waals surface area contributed by atoms with Gasteiger partial charge in [-0.1, -0.05) is 351 Å². The lowest BCUT2D eigenvalue weighted by Gasteiger charge is -2.21. The summed E-state index contributed by atoms with van der Waals surface area (Å²) >= 11 is 0. The lowest BCUT2D eigenvalue weighted by molar-refractivity contribution is -0.161. The molecule has 3 N–H and O–H groups in total. The van der Waals surface area contributed by atoms with Gasteiger partial charge < -0.3 is 33.8 Å². The monoisotopic (exact) mass is 1440 g/mol. The van der Waals surface area contributed by atoms with Crippen LogP contribution < -0.4 is 0 Å². The standard InChI is InChI=1S/C79H154O17P2/c1-69(2)55-47-39-31-25-20-16-12-9-10-14-18-22-28-34-43-51-59-76(81)89-65-74(95-79(84)62-54-46-36-30-24-27-33-41-49-57-71(5)6)67-93-97(85,86)91-63-73(80)64-92-98(87,88)94-68-75(66-90-77(82)60-52-44-38-37-42-50-58-72(7)8)96-78(83)61-53-45-35-29-23-19-15-11-13-17-21-26-32-40-48-56-70(3)4/h69-75,80H,9-68H2,1-8H3,(H,85,86)(H,87,88)/t73?,74-,75-/m1/s1. The predicted octanol–water partition coefficient (Wildman–Crippen LogP) is 23.2. The summed E-state index contributed by atoms with van der Waals surface area (Å²) in [7, 11) is -9.92. The van der Waals surface area contributed by atoms with E-state index in [1.807, 2.05) is 0 Å². The number of aliphatic hydroxyl groups is 1. The van der Waals surface area contributed by atoms with Crippen molar-refractivity contribution in [2.45, 2.75) is 420 Å². The summed E-state index contributed by atoms with van der Waals surface area (Å²) in [6.45, 7) is 14.2. The zero-order valence-corrected chi connectivity index (χ0v) is 66.2. The summed E-state index contributed by atoms with van der Waals surface area (Å²) in [5.41, 5.74) is 0. The number of phosphoric acid groups is 2. The van der Waals surface area contributed by atoms with Crippen molar-refractivity contribution >= 4 is 39.5 Å². The summed E-state index contributed by atoms with van der Waals surface area (Å²) in [4.78, 5) is 72.9. The summed E-state index contributed by atoms with van der Waals surface area (Å²) in [5.74, 6) is 0.911. The van der Waals surface area contributed by atoms with Crippen molar-refractivity contribution in [2.24, 2.45) is 23.7 Å². The number of rotatable bonds is 76. The molecule has 0 heterocycles. The molecule has 582 valence electrons. The Balaban J connectivity index is 5.18. The molecule has 0 fully saturated rings. The Morgan fingerprint density at radius 3 is 0.633 bits per heavy atom. The van der Waals surface area contributed by atoms with Crippen LogP contribution in [0.5, 0.6) is 0 Å². The van der Waals surface area contributed by atoms with Gasteiger partial charge in [-0.15, -0.1) is 0 Å². The molecule has 0 radical (unpaired) electrons. The zero-order chi connectivity index (χ0) is 72.4.